The quantitative estimate of drug-likeness (QED) is 0.427. The number of ether oxygens (including phenoxy) is 1. The Kier molecular flexibility index (Phi) is 7.23. The maximum Gasteiger partial charge on any atom is 0.416 e. The molecule has 1 saturated heterocycles. The van der Waals surface area contributed by atoms with E-state index in [1.807, 2.05) is 6.92 Å². The number of alkyl halides is 3. The predicted octanol–water partition coefficient (Wildman–Crippen LogP) is 4.27. The van der Waals surface area contributed by atoms with Crippen LogP contribution in [0.2, 0.25) is 0 Å². The molecule has 1 fully saturated rings. The van der Waals surface area contributed by atoms with Crippen molar-refractivity contribution in [2.75, 3.05) is 37.7 Å². The molecule has 0 aromatic heterocycles. The van der Waals surface area contributed by atoms with Crippen molar-refractivity contribution in [1.82, 2.24) is 4.90 Å². The lowest BCUT2D eigenvalue weighted by Gasteiger charge is -2.35. The fourth-order valence-corrected chi connectivity index (χ4v) is 3.60. The van der Waals surface area contributed by atoms with E-state index in [0.29, 0.717) is 30.1 Å². The van der Waals surface area contributed by atoms with Crippen molar-refractivity contribution in [1.29, 1.82) is 0 Å². The van der Waals surface area contributed by atoms with Gasteiger partial charge in [-0.15, -0.1) is 0 Å². The van der Waals surface area contributed by atoms with Gasteiger partial charge >= 0.3 is 6.18 Å². The Bertz CT molecular complexity index is 1050. The number of hydrogen-bond acceptors (Lipinski definition) is 7. The number of nitro benzene ring substituents is 2. The van der Waals surface area contributed by atoms with Crippen molar-refractivity contribution >= 4 is 23.0 Å². The van der Waals surface area contributed by atoms with Crippen LogP contribution in [-0.2, 0) is 6.18 Å². The van der Waals surface area contributed by atoms with Crippen LogP contribution < -0.4 is 9.64 Å². The number of nitro groups is 2. The summed E-state index contributed by atoms with van der Waals surface area (Å²) in [5.41, 5.74) is -3.61. The molecule has 13 heteroatoms. The largest absolute Gasteiger partial charge is 0.494 e. The second-order valence-corrected chi connectivity index (χ2v) is 7.53. The molecule has 1 amide bonds. The second-order valence-electron chi connectivity index (χ2n) is 7.53. The van der Waals surface area contributed by atoms with Crippen LogP contribution in [0.4, 0.5) is 30.2 Å². The van der Waals surface area contributed by atoms with E-state index in [2.05, 4.69) is 0 Å². The Morgan fingerprint density at radius 2 is 1.53 bits per heavy atom. The summed E-state index contributed by atoms with van der Waals surface area (Å²) in [5, 5.41) is 23.0. The fourth-order valence-electron chi connectivity index (χ4n) is 3.60. The molecule has 0 radical (unpaired) electrons. The Morgan fingerprint density at radius 3 is 1.97 bits per heavy atom. The van der Waals surface area contributed by atoms with Gasteiger partial charge in [-0.05, 0) is 30.7 Å². The standard InChI is InChI=1S/C21H21F3N4O6/c1-2-11-34-16-5-3-14(4-6-16)20(29)26-9-7-25(8-10-26)19-17(27(30)31)12-15(21(22,23)24)13-18(19)28(32)33/h3-6,12-13H,2,7-11H2,1H3. The summed E-state index contributed by atoms with van der Waals surface area (Å²) in [5.74, 6) is 0.309. The van der Waals surface area contributed by atoms with Crippen LogP contribution in [0.25, 0.3) is 0 Å². The summed E-state index contributed by atoms with van der Waals surface area (Å²) < 4.78 is 44.9. The van der Waals surface area contributed by atoms with Crippen molar-refractivity contribution < 1.29 is 32.5 Å². The van der Waals surface area contributed by atoms with Crippen LogP contribution in [-0.4, -0.2) is 53.4 Å². The lowest BCUT2D eigenvalue weighted by atomic mass is 10.1. The number of rotatable bonds is 7. The van der Waals surface area contributed by atoms with E-state index in [4.69, 9.17) is 4.74 Å². The summed E-state index contributed by atoms with van der Waals surface area (Å²) in [4.78, 5) is 36.4. The number of carbonyl (C=O) groups excluding carboxylic acids is 1. The summed E-state index contributed by atoms with van der Waals surface area (Å²) in [6.07, 6.45) is -4.16. The molecule has 2 aromatic rings. The van der Waals surface area contributed by atoms with E-state index in [0.717, 1.165) is 6.42 Å². The number of halogens is 3. The first-order valence-electron chi connectivity index (χ1n) is 10.3. The van der Waals surface area contributed by atoms with Crippen molar-refractivity contribution in [3.8, 4) is 5.75 Å². The van der Waals surface area contributed by atoms with Crippen LogP contribution in [0, 0.1) is 20.2 Å². The van der Waals surface area contributed by atoms with Gasteiger partial charge in [-0.3, -0.25) is 25.0 Å². The normalized spacial score (nSPS) is 14.1. The number of piperazine rings is 1. The molecular formula is C21H21F3N4O6. The number of nitrogens with zero attached hydrogens (tertiary/aromatic N) is 4. The van der Waals surface area contributed by atoms with Crippen molar-refractivity contribution in [2.45, 2.75) is 19.5 Å². The van der Waals surface area contributed by atoms with Crippen molar-refractivity contribution in [3.63, 3.8) is 0 Å². The van der Waals surface area contributed by atoms with Crippen LogP contribution in [0.3, 0.4) is 0 Å². The van der Waals surface area contributed by atoms with Crippen LogP contribution in [0.5, 0.6) is 5.75 Å². The molecule has 0 atom stereocenters. The van der Waals surface area contributed by atoms with E-state index in [9.17, 15) is 38.2 Å². The first-order chi connectivity index (χ1) is 16.0. The van der Waals surface area contributed by atoms with Gasteiger partial charge in [0.15, 0.2) is 5.69 Å². The van der Waals surface area contributed by atoms with Crippen LogP contribution in [0.1, 0.15) is 29.3 Å². The number of carbonyl (C=O) groups is 1. The van der Waals surface area contributed by atoms with E-state index in [1.54, 1.807) is 24.3 Å². The van der Waals surface area contributed by atoms with Crippen molar-refractivity contribution in [3.05, 3.63) is 67.8 Å². The molecular weight excluding hydrogens is 461 g/mol. The van der Waals surface area contributed by atoms with Gasteiger partial charge in [-0.1, -0.05) is 6.92 Å². The van der Waals surface area contributed by atoms with E-state index in [-0.39, 0.29) is 32.1 Å². The molecule has 10 nitrogen and oxygen atoms in total. The third-order valence-electron chi connectivity index (χ3n) is 5.25. The van der Waals surface area contributed by atoms with Gasteiger partial charge in [0.25, 0.3) is 17.3 Å². The van der Waals surface area contributed by atoms with Gasteiger partial charge in [0.1, 0.15) is 5.75 Å². The van der Waals surface area contributed by atoms with E-state index >= 15 is 0 Å². The third-order valence-corrected chi connectivity index (χ3v) is 5.25. The number of benzene rings is 2. The van der Waals surface area contributed by atoms with Crippen molar-refractivity contribution in [2.24, 2.45) is 0 Å². The Balaban J connectivity index is 1.81. The zero-order valence-electron chi connectivity index (χ0n) is 18.1. The molecule has 34 heavy (non-hydrogen) atoms. The zero-order valence-corrected chi connectivity index (χ0v) is 18.1. The minimum Gasteiger partial charge on any atom is -0.494 e. The molecule has 0 aliphatic carbocycles. The van der Waals surface area contributed by atoms with Gasteiger partial charge < -0.3 is 14.5 Å². The molecule has 3 rings (SSSR count). The summed E-state index contributed by atoms with van der Waals surface area (Å²) in [6.45, 7) is 2.58. The van der Waals surface area contributed by atoms with Crippen LogP contribution >= 0.6 is 0 Å². The predicted molar refractivity (Wildman–Crippen MR) is 115 cm³/mol. The van der Waals surface area contributed by atoms with Crippen LogP contribution in [0.15, 0.2) is 36.4 Å². The molecule has 182 valence electrons. The van der Waals surface area contributed by atoms with Gasteiger partial charge in [0, 0.05) is 43.9 Å². The fraction of sp³-hybridized carbons (Fsp3) is 0.381. The van der Waals surface area contributed by atoms with Gasteiger partial charge in [0.2, 0.25) is 0 Å². The summed E-state index contributed by atoms with van der Waals surface area (Å²) >= 11 is 0. The summed E-state index contributed by atoms with van der Waals surface area (Å²) in [7, 11) is 0. The lowest BCUT2D eigenvalue weighted by molar-refractivity contribution is -0.393. The Hall–Kier alpha value is -3.90. The Labute approximate surface area is 191 Å². The zero-order chi connectivity index (χ0) is 25.0. The first kappa shape index (κ1) is 24.7. The average molecular weight is 482 g/mol. The summed E-state index contributed by atoms with van der Waals surface area (Å²) in [6, 6.07) is 7.11. The number of hydrogen-bond donors (Lipinski definition) is 0. The topological polar surface area (TPSA) is 119 Å². The van der Waals surface area contributed by atoms with Gasteiger partial charge in [0.05, 0.1) is 22.0 Å². The maximum absolute atomic E-state index is 13.1. The highest BCUT2D eigenvalue weighted by Gasteiger charge is 2.40. The molecule has 0 saturated carbocycles. The SMILES string of the molecule is CCCOc1ccc(C(=O)N2CCN(c3c([N+](=O)[O-])cc(C(F)(F)F)cc3[N+](=O)[O-])CC2)cc1. The number of amides is 1. The van der Waals surface area contributed by atoms with E-state index < -0.39 is 38.6 Å². The highest BCUT2D eigenvalue weighted by atomic mass is 19.4. The third kappa shape index (κ3) is 5.35. The molecule has 0 unspecified atom stereocenters. The molecule has 1 heterocycles. The monoisotopic (exact) mass is 482 g/mol. The minimum atomic E-state index is -4.99. The Morgan fingerprint density at radius 1 is 1.00 bits per heavy atom. The second kappa shape index (κ2) is 9.93. The van der Waals surface area contributed by atoms with E-state index in [1.165, 1.54) is 9.80 Å². The average Bonchev–Trinajstić information content (AvgIpc) is 2.81. The van der Waals surface area contributed by atoms with Gasteiger partial charge in [-0.25, -0.2) is 0 Å². The maximum atomic E-state index is 13.1. The highest BCUT2D eigenvalue weighted by molar-refractivity contribution is 5.94. The lowest BCUT2D eigenvalue weighted by Crippen LogP contribution is -2.49. The minimum absolute atomic E-state index is 0.0313. The highest BCUT2D eigenvalue weighted by Crippen LogP contribution is 2.43. The first-order valence-corrected chi connectivity index (χ1v) is 10.3. The molecule has 0 spiro atoms. The molecule has 1 aliphatic heterocycles. The molecule has 2 aromatic carbocycles. The molecule has 0 bridgehead atoms. The smallest absolute Gasteiger partial charge is 0.416 e. The molecule has 1 aliphatic rings. The molecule has 0 N–H and O–H groups in total. The van der Waals surface area contributed by atoms with Gasteiger partial charge in [-0.2, -0.15) is 13.2 Å². The number of anilines is 1.